The predicted molar refractivity (Wildman–Crippen MR) is 77.8 cm³/mol. The first kappa shape index (κ1) is 12.8. The lowest BCUT2D eigenvalue weighted by atomic mass is 9.87. The third kappa shape index (κ3) is 2.16. The summed E-state index contributed by atoms with van der Waals surface area (Å²) in [5.74, 6) is 0. The summed E-state index contributed by atoms with van der Waals surface area (Å²) in [7, 11) is 0. The molecule has 0 saturated carbocycles. The van der Waals surface area contributed by atoms with Crippen LogP contribution in [0.1, 0.15) is 27.7 Å². The Hall–Kier alpha value is -1.67. The molecular weight excluding hydrogens is 220 g/mol. The fraction of sp³-hybridized carbons (Fsp3) is 0.312. The smallest absolute Gasteiger partial charge is 0.0598 e. The highest BCUT2D eigenvalue weighted by Gasteiger charge is 2.16. The molecule has 0 unspecified atom stereocenters. The van der Waals surface area contributed by atoms with Crippen LogP contribution in [0.3, 0.4) is 0 Å². The van der Waals surface area contributed by atoms with Crippen LogP contribution in [0, 0.1) is 5.41 Å². The van der Waals surface area contributed by atoms with Crippen LogP contribution in [0.5, 0.6) is 0 Å². The number of nitrogens with one attached hydrogen (secondary N) is 1. The van der Waals surface area contributed by atoms with Gasteiger partial charge in [0, 0.05) is 6.04 Å². The molecule has 0 aromatic carbocycles. The van der Waals surface area contributed by atoms with Crippen molar-refractivity contribution in [2.75, 3.05) is 0 Å². The lowest BCUT2D eigenvalue weighted by molar-refractivity contribution is 0.872. The van der Waals surface area contributed by atoms with Crippen LogP contribution in [0.2, 0.25) is 0 Å². The number of hydrogen-bond acceptors (Lipinski definition) is 2. The van der Waals surface area contributed by atoms with E-state index in [9.17, 15) is 0 Å². The highest BCUT2D eigenvalue weighted by Crippen LogP contribution is 2.27. The lowest BCUT2D eigenvalue weighted by Gasteiger charge is -2.21. The topological polar surface area (TPSA) is 49.9 Å². The van der Waals surface area contributed by atoms with E-state index >= 15 is 0 Å². The highest BCUT2D eigenvalue weighted by molar-refractivity contribution is 6.11. The number of nitrogens with two attached hydrogens (primary N) is 1. The van der Waals surface area contributed by atoms with Crippen molar-refractivity contribution in [2.24, 2.45) is 5.73 Å². The number of allylic oxidation sites excluding steroid dienone is 8. The van der Waals surface area contributed by atoms with Gasteiger partial charge in [-0.2, -0.15) is 0 Å². The van der Waals surface area contributed by atoms with E-state index in [1.54, 1.807) is 0 Å². The van der Waals surface area contributed by atoms with Gasteiger partial charge < -0.3 is 11.1 Å². The third-order valence-corrected chi connectivity index (χ3v) is 3.61. The molecule has 2 aliphatic carbocycles. The van der Waals surface area contributed by atoms with E-state index in [1.165, 1.54) is 22.3 Å². The summed E-state index contributed by atoms with van der Waals surface area (Å²) in [6.07, 6.45) is 8.45. The third-order valence-electron chi connectivity index (χ3n) is 3.61. The van der Waals surface area contributed by atoms with Gasteiger partial charge in [-0.15, -0.1) is 0 Å². The minimum atomic E-state index is 0.0476. The van der Waals surface area contributed by atoms with E-state index in [1.807, 2.05) is 13.8 Å². The summed E-state index contributed by atoms with van der Waals surface area (Å²) < 4.78 is 0. The maximum atomic E-state index is 7.91. The predicted octanol–water partition coefficient (Wildman–Crippen LogP) is 3.44. The molecule has 0 bridgehead atoms. The van der Waals surface area contributed by atoms with Gasteiger partial charge in [0.2, 0.25) is 0 Å². The van der Waals surface area contributed by atoms with E-state index < -0.39 is 0 Å². The van der Waals surface area contributed by atoms with Crippen LogP contribution in [0.4, 0.5) is 0 Å². The van der Waals surface area contributed by atoms with Crippen molar-refractivity contribution >= 4 is 5.71 Å². The van der Waals surface area contributed by atoms with Crippen molar-refractivity contribution in [1.82, 2.24) is 0 Å². The molecule has 0 radical (unpaired) electrons. The van der Waals surface area contributed by atoms with Crippen LogP contribution < -0.4 is 5.73 Å². The molecule has 2 rings (SSSR count). The summed E-state index contributed by atoms with van der Waals surface area (Å²) in [6.45, 7) is 8.11. The van der Waals surface area contributed by atoms with Crippen molar-refractivity contribution in [3.8, 4) is 0 Å². The van der Waals surface area contributed by atoms with Gasteiger partial charge >= 0.3 is 0 Å². The average molecular weight is 240 g/mol. The fourth-order valence-corrected chi connectivity index (χ4v) is 2.37. The maximum absolute atomic E-state index is 7.91. The molecule has 0 aromatic heterocycles. The van der Waals surface area contributed by atoms with Crippen molar-refractivity contribution in [2.45, 2.75) is 33.7 Å². The van der Waals surface area contributed by atoms with Crippen molar-refractivity contribution in [3.63, 3.8) is 0 Å². The largest absolute Gasteiger partial charge is 0.321 e. The Kier molecular flexibility index (Phi) is 3.22. The van der Waals surface area contributed by atoms with Gasteiger partial charge in [-0.25, -0.2) is 0 Å². The Morgan fingerprint density at radius 3 is 1.67 bits per heavy atom. The van der Waals surface area contributed by atoms with Crippen molar-refractivity contribution in [1.29, 1.82) is 5.41 Å². The molecule has 2 aliphatic rings. The van der Waals surface area contributed by atoms with Gasteiger partial charge in [0.15, 0.2) is 0 Å². The second-order valence-electron chi connectivity index (χ2n) is 5.19. The molecule has 2 heteroatoms. The summed E-state index contributed by atoms with van der Waals surface area (Å²) in [6, 6.07) is 0.0476. The molecule has 0 saturated heterocycles. The number of hydrogen-bond donors (Lipinski definition) is 2. The van der Waals surface area contributed by atoms with Gasteiger partial charge in [-0.1, -0.05) is 23.3 Å². The minimum absolute atomic E-state index is 0.0476. The first-order valence-corrected chi connectivity index (χ1v) is 6.22. The van der Waals surface area contributed by atoms with E-state index in [4.69, 9.17) is 11.1 Å². The molecule has 0 amide bonds. The molecule has 3 N–H and O–H groups in total. The van der Waals surface area contributed by atoms with Crippen LogP contribution in [0.25, 0.3) is 0 Å². The lowest BCUT2D eigenvalue weighted by Crippen LogP contribution is -2.25. The first-order valence-electron chi connectivity index (χ1n) is 6.22. The normalized spacial score (nSPS) is 24.5. The quantitative estimate of drug-likeness (QED) is 0.669. The van der Waals surface area contributed by atoms with Gasteiger partial charge in [0.05, 0.1) is 5.71 Å². The van der Waals surface area contributed by atoms with Crippen LogP contribution >= 0.6 is 0 Å². The van der Waals surface area contributed by atoms with Gasteiger partial charge in [-0.05, 0) is 62.1 Å². The van der Waals surface area contributed by atoms with Crippen LogP contribution in [0.15, 0.2) is 57.7 Å². The number of rotatable bonds is 0. The summed E-state index contributed by atoms with van der Waals surface area (Å²) in [4.78, 5) is 0. The Balaban J connectivity index is 2.54. The van der Waals surface area contributed by atoms with E-state index in [2.05, 4.69) is 38.2 Å². The van der Waals surface area contributed by atoms with Crippen molar-refractivity contribution < 1.29 is 0 Å². The zero-order valence-corrected chi connectivity index (χ0v) is 11.5. The molecule has 0 atom stereocenters. The maximum Gasteiger partial charge on any atom is 0.0598 e. The zero-order valence-electron chi connectivity index (χ0n) is 11.5. The molecule has 2 nitrogen and oxygen atoms in total. The van der Waals surface area contributed by atoms with Crippen LogP contribution in [-0.2, 0) is 0 Å². The standard InChI is InChI=1S/C16H20N2/c1-9-5-13(6-10(2)15(9)17)14-7-11(3)16(18)12(4)8-14/h5-8,15,18H,17H2,1-4H3. The Morgan fingerprint density at radius 1 is 0.833 bits per heavy atom. The summed E-state index contributed by atoms with van der Waals surface area (Å²) in [5.41, 5.74) is 13.5. The van der Waals surface area contributed by atoms with Crippen LogP contribution in [-0.4, -0.2) is 11.8 Å². The van der Waals surface area contributed by atoms with E-state index in [-0.39, 0.29) is 6.04 Å². The first-order chi connectivity index (χ1) is 8.40. The molecule has 18 heavy (non-hydrogen) atoms. The SMILES string of the molecule is CC1=CC(=C2C=C(C)C(N)C(C)=C2)C=C(C)C1=N. The molecular formula is C16H20N2. The van der Waals surface area contributed by atoms with Gasteiger partial charge in [-0.3, -0.25) is 0 Å². The van der Waals surface area contributed by atoms with Crippen molar-refractivity contribution in [3.05, 3.63) is 57.7 Å². The van der Waals surface area contributed by atoms with E-state index in [0.717, 1.165) is 11.1 Å². The Labute approximate surface area is 109 Å². The zero-order chi connectivity index (χ0) is 13.4. The Morgan fingerprint density at radius 2 is 1.22 bits per heavy atom. The van der Waals surface area contributed by atoms with E-state index in [0.29, 0.717) is 5.71 Å². The average Bonchev–Trinajstić information content (AvgIpc) is 2.31. The molecule has 0 heterocycles. The fourth-order valence-electron chi connectivity index (χ4n) is 2.37. The molecule has 0 aromatic rings. The monoisotopic (exact) mass is 240 g/mol. The minimum Gasteiger partial charge on any atom is -0.321 e. The molecule has 0 spiro atoms. The Bertz CT molecular complexity index is 520. The van der Waals surface area contributed by atoms with Gasteiger partial charge in [0.25, 0.3) is 0 Å². The second kappa shape index (κ2) is 4.54. The molecule has 0 fully saturated rings. The van der Waals surface area contributed by atoms with Gasteiger partial charge in [0.1, 0.15) is 0 Å². The molecule has 0 aliphatic heterocycles. The highest BCUT2D eigenvalue weighted by atomic mass is 14.6. The molecule has 94 valence electrons. The second-order valence-corrected chi connectivity index (χ2v) is 5.19. The summed E-state index contributed by atoms with van der Waals surface area (Å²) >= 11 is 0. The summed E-state index contributed by atoms with van der Waals surface area (Å²) in [5, 5.41) is 7.91.